The molecule has 0 aliphatic rings. The van der Waals surface area contributed by atoms with Gasteiger partial charge in [0.25, 0.3) is 0 Å². The van der Waals surface area contributed by atoms with E-state index in [1.165, 1.54) is 0 Å². The van der Waals surface area contributed by atoms with Crippen LogP contribution >= 0.6 is 0 Å². The highest BCUT2D eigenvalue weighted by atomic mass is 28.3. The molecule has 0 spiro atoms. The van der Waals surface area contributed by atoms with E-state index in [1.54, 1.807) is 0 Å². The van der Waals surface area contributed by atoms with Crippen molar-refractivity contribution in [2.75, 3.05) is 0 Å². The molecule has 42 valence electrons. The lowest BCUT2D eigenvalue weighted by atomic mass is 9.83. The highest BCUT2D eigenvalue weighted by Crippen LogP contribution is 2.04. The molecule has 0 radical (unpaired) electrons. The van der Waals surface area contributed by atoms with Crippen LogP contribution in [0.5, 0.6) is 0 Å². The molecule has 0 aliphatic heterocycles. The molecule has 0 aliphatic carbocycles. The van der Waals surface area contributed by atoms with E-state index < -0.39 is 7.94 Å². The minimum atomic E-state index is -0.735. The van der Waals surface area contributed by atoms with Gasteiger partial charge >= 0.3 is 0 Å². The summed E-state index contributed by atoms with van der Waals surface area (Å²) < 4.78 is 0. The molecule has 0 heterocycles. The Balaban J connectivity index is 3.54. The number of hydrogen-bond donors (Lipinski definition) is 0. The van der Waals surface area contributed by atoms with E-state index >= 15 is 0 Å². The average molecular weight is 114 g/mol. The van der Waals surface area contributed by atoms with Gasteiger partial charge in [0.1, 0.15) is 6.31 Å². The van der Waals surface area contributed by atoms with Crippen molar-refractivity contribution in [1.29, 1.82) is 0 Å². The lowest BCUT2D eigenvalue weighted by molar-refractivity contribution is 1.80. The molecule has 0 amide bonds. The Morgan fingerprint density at radius 1 is 1.00 bits per heavy atom. The predicted octanol–water partition coefficient (Wildman–Crippen LogP) is 2.16. The van der Waals surface area contributed by atoms with E-state index in [1.807, 2.05) is 0 Å². The van der Waals surface area contributed by atoms with Crippen LogP contribution in [0.15, 0.2) is 0 Å². The lowest BCUT2D eigenvalue weighted by Gasteiger charge is -2.17. The van der Waals surface area contributed by atoms with Crippen LogP contribution in [0, 0.1) is 0 Å². The molecule has 0 aromatic rings. The normalized spacial score (nSPS) is 11.6. The first-order valence-electron chi connectivity index (χ1n) is 2.94. The predicted molar refractivity (Wildman–Crippen MR) is 40.8 cm³/mol. The quantitative estimate of drug-likeness (QED) is 0.458. The second-order valence-electron chi connectivity index (χ2n) is 3.52. The Morgan fingerprint density at radius 2 is 1.14 bits per heavy atom. The summed E-state index contributed by atoms with van der Waals surface area (Å²) in [6, 6.07) is 0. The van der Waals surface area contributed by atoms with Crippen molar-refractivity contribution in [3.63, 3.8) is 0 Å². The van der Waals surface area contributed by atoms with Gasteiger partial charge in [0.2, 0.25) is 0 Å². The summed E-state index contributed by atoms with van der Waals surface area (Å²) in [5.74, 6) is 0. The van der Waals surface area contributed by atoms with E-state index in [9.17, 15) is 0 Å². The Hall–Kier alpha value is 0.282. The molecule has 0 unspecified atom stereocenters. The van der Waals surface area contributed by atoms with Gasteiger partial charge in [0, 0.05) is 7.94 Å². The van der Waals surface area contributed by atoms with Crippen molar-refractivity contribution >= 4 is 14.2 Å². The molecule has 0 N–H and O–H groups in total. The van der Waals surface area contributed by atoms with E-state index in [-0.39, 0.29) is 0 Å². The summed E-state index contributed by atoms with van der Waals surface area (Å²) in [6.45, 7) is 11.8. The van der Waals surface area contributed by atoms with Crippen molar-refractivity contribution in [2.24, 2.45) is 0 Å². The largest absolute Gasteiger partial charge is 0.127 e. The summed E-state index contributed by atoms with van der Waals surface area (Å²) in [5, 5.41) is 0. The third-order valence-electron chi connectivity index (χ3n) is 1.73. The van der Waals surface area contributed by atoms with E-state index in [0.717, 1.165) is 6.31 Å². The Labute approximate surface area is 48.3 Å². The molecule has 2 heteroatoms. The van der Waals surface area contributed by atoms with Gasteiger partial charge in [-0.15, -0.1) is 0 Å². The van der Waals surface area contributed by atoms with Gasteiger partial charge in [-0.2, -0.15) is 0 Å². The first-order valence-corrected chi connectivity index (χ1v) is 6.52. The minimum absolute atomic E-state index is 0.735. The van der Waals surface area contributed by atoms with Crippen molar-refractivity contribution in [2.45, 2.75) is 33.3 Å². The fraction of sp³-hybridized carbons (Fsp3) is 1.00. The standard InChI is InChI=1S/C5H15BSi/c1-6(2)7(3,4)5/h1-5H3. The maximum atomic E-state index is 2.40. The molecule has 0 aromatic heterocycles. The zero-order valence-electron chi connectivity index (χ0n) is 6.08. The molecule has 0 saturated carbocycles. The first kappa shape index (κ1) is 7.28. The van der Waals surface area contributed by atoms with E-state index in [2.05, 4.69) is 33.3 Å². The third kappa shape index (κ3) is 2.92. The second kappa shape index (κ2) is 2.03. The van der Waals surface area contributed by atoms with Crippen LogP contribution in [-0.2, 0) is 0 Å². The van der Waals surface area contributed by atoms with Crippen LogP contribution < -0.4 is 0 Å². The van der Waals surface area contributed by atoms with Crippen LogP contribution in [0.2, 0.25) is 33.3 Å². The molecule has 0 fully saturated rings. The van der Waals surface area contributed by atoms with Crippen molar-refractivity contribution in [1.82, 2.24) is 0 Å². The third-order valence-corrected chi connectivity index (χ3v) is 5.20. The molecule has 0 atom stereocenters. The van der Waals surface area contributed by atoms with Crippen LogP contribution in [0.1, 0.15) is 0 Å². The fourth-order valence-electron chi connectivity index (χ4n) is 0. The molecular formula is C5H15BSi. The average Bonchev–Trinajstić information content (AvgIpc) is 1.31. The Bertz CT molecular complexity index is 53.6. The summed E-state index contributed by atoms with van der Waals surface area (Å²) in [7, 11) is -0.735. The maximum Gasteiger partial charge on any atom is 0.127 e. The van der Waals surface area contributed by atoms with Crippen molar-refractivity contribution in [3.8, 4) is 0 Å². The fourth-order valence-corrected chi connectivity index (χ4v) is 0. The highest BCUT2D eigenvalue weighted by molar-refractivity contribution is 7.30. The van der Waals surface area contributed by atoms with Crippen molar-refractivity contribution < 1.29 is 0 Å². The molecule has 7 heavy (non-hydrogen) atoms. The summed E-state index contributed by atoms with van der Waals surface area (Å²) in [6.07, 6.45) is 0.937. The van der Waals surface area contributed by atoms with Gasteiger partial charge in [-0.3, -0.25) is 0 Å². The smallest absolute Gasteiger partial charge is 0.0883 e. The van der Waals surface area contributed by atoms with Gasteiger partial charge in [0.15, 0.2) is 0 Å². The van der Waals surface area contributed by atoms with Crippen LogP contribution in [0.3, 0.4) is 0 Å². The number of hydrogen-bond acceptors (Lipinski definition) is 0. The second-order valence-corrected chi connectivity index (χ2v) is 9.41. The van der Waals surface area contributed by atoms with Crippen molar-refractivity contribution in [3.05, 3.63) is 0 Å². The lowest BCUT2D eigenvalue weighted by Crippen LogP contribution is -2.37. The van der Waals surface area contributed by atoms with Gasteiger partial charge in [0.05, 0.1) is 0 Å². The molecule has 0 rings (SSSR count). The van der Waals surface area contributed by atoms with E-state index in [0.29, 0.717) is 0 Å². The molecule has 0 saturated heterocycles. The Morgan fingerprint density at radius 3 is 1.14 bits per heavy atom. The van der Waals surface area contributed by atoms with Crippen LogP contribution in [0.25, 0.3) is 0 Å². The zero-order chi connectivity index (χ0) is 6.08. The molecule has 0 bridgehead atoms. The van der Waals surface area contributed by atoms with Gasteiger partial charge < -0.3 is 0 Å². The number of rotatable bonds is 1. The Kier molecular flexibility index (Phi) is 2.12. The van der Waals surface area contributed by atoms with Gasteiger partial charge in [-0.1, -0.05) is 33.3 Å². The first-order chi connectivity index (χ1) is 2.94. The summed E-state index contributed by atoms with van der Waals surface area (Å²) >= 11 is 0. The van der Waals surface area contributed by atoms with Crippen LogP contribution in [-0.4, -0.2) is 14.2 Å². The molecular weight excluding hydrogens is 99.0 g/mol. The topological polar surface area (TPSA) is 0 Å². The monoisotopic (exact) mass is 114 g/mol. The molecule has 0 nitrogen and oxygen atoms in total. The summed E-state index contributed by atoms with van der Waals surface area (Å²) in [4.78, 5) is 0. The highest BCUT2D eigenvalue weighted by Gasteiger charge is 2.19. The van der Waals surface area contributed by atoms with Crippen LogP contribution in [0.4, 0.5) is 0 Å². The molecule has 0 aromatic carbocycles. The van der Waals surface area contributed by atoms with E-state index in [4.69, 9.17) is 0 Å². The SMILES string of the molecule is CB(C)[Si](C)(C)C. The van der Waals surface area contributed by atoms with Gasteiger partial charge in [-0.05, 0) is 0 Å². The summed E-state index contributed by atoms with van der Waals surface area (Å²) in [5.41, 5.74) is 0. The minimum Gasteiger partial charge on any atom is -0.0883 e. The van der Waals surface area contributed by atoms with Gasteiger partial charge in [-0.25, -0.2) is 0 Å². The zero-order valence-corrected chi connectivity index (χ0v) is 7.08. The maximum absolute atomic E-state index is 2.40.